The Labute approximate surface area is 110 Å². The van der Waals surface area contributed by atoms with Crippen LogP contribution in [0.25, 0.3) is 0 Å². The van der Waals surface area contributed by atoms with Crippen molar-refractivity contribution in [1.29, 1.82) is 0 Å². The van der Waals surface area contributed by atoms with Crippen molar-refractivity contribution in [3.05, 3.63) is 0 Å². The summed E-state index contributed by atoms with van der Waals surface area (Å²) in [5.41, 5.74) is 5.87. The minimum atomic E-state index is 0. The summed E-state index contributed by atoms with van der Waals surface area (Å²) in [6, 6.07) is 0.250. The normalized spacial score (nSPS) is 26.4. The number of hydrogen-bond acceptors (Lipinski definition) is 3. The van der Waals surface area contributed by atoms with E-state index < -0.39 is 0 Å². The number of carbonyl (C=O) groups is 1. The predicted octanol–water partition coefficient (Wildman–Crippen LogP) is 0.604. The van der Waals surface area contributed by atoms with Gasteiger partial charge in [0.05, 0.1) is 6.54 Å². The fourth-order valence-electron chi connectivity index (χ4n) is 2.27. The highest BCUT2D eigenvalue weighted by molar-refractivity contribution is 5.85. The van der Waals surface area contributed by atoms with Gasteiger partial charge in [-0.1, -0.05) is 0 Å². The van der Waals surface area contributed by atoms with E-state index in [1.54, 1.807) is 0 Å². The molecule has 1 saturated carbocycles. The number of rotatable bonds is 5. The van der Waals surface area contributed by atoms with Gasteiger partial charge in [0.25, 0.3) is 0 Å². The van der Waals surface area contributed by atoms with Gasteiger partial charge in [-0.15, -0.1) is 12.4 Å². The number of nitrogens with one attached hydrogen (secondary N) is 1. The zero-order valence-electron chi connectivity index (χ0n) is 10.5. The van der Waals surface area contributed by atoms with Gasteiger partial charge in [0, 0.05) is 19.1 Å². The van der Waals surface area contributed by atoms with E-state index in [4.69, 9.17) is 5.73 Å². The number of nitrogens with zero attached hydrogens (tertiary/aromatic N) is 1. The summed E-state index contributed by atoms with van der Waals surface area (Å²) in [6.07, 6.45) is 3.71. The van der Waals surface area contributed by atoms with Crippen LogP contribution in [0.15, 0.2) is 0 Å². The summed E-state index contributed by atoms with van der Waals surface area (Å²) in [6.45, 7) is 5.48. The molecule has 0 aromatic heterocycles. The van der Waals surface area contributed by atoms with Gasteiger partial charge in [-0.3, -0.25) is 9.69 Å². The van der Waals surface area contributed by atoms with Crippen LogP contribution in [0.1, 0.15) is 26.2 Å². The highest BCUT2D eigenvalue weighted by Crippen LogP contribution is 2.27. The zero-order chi connectivity index (χ0) is 11.5. The van der Waals surface area contributed by atoms with Crippen LogP contribution in [0.2, 0.25) is 0 Å². The summed E-state index contributed by atoms with van der Waals surface area (Å²) in [4.78, 5) is 13.8. The first-order chi connectivity index (χ1) is 7.65. The van der Waals surface area contributed by atoms with Crippen molar-refractivity contribution in [1.82, 2.24) is 10.2 Å². The summed E-state index contributed by atoms with van der Waals surface area (Å²) in [7, 11) is 0. The molecule has 1 aliphatic carbocycles. The van der Waals surface area contributed by atoms with Gasteiger partial charge in [-0.25, -0.2) is 0 Å². The van der Waals surface area contributed by atoms with Crippen molar-refractivity contribution < 1.29 is 4.79 Å². The van der Waals surface area contributed by atoms with Gasteiger partial charge in [-0.2, -0.15) is 0 Å². The molecule has 100 valence electrons. The predicted molar refractivity (Wildman–Crippen MR) is 71.2 cm³/mol. The first kappa shape index (κ1) is 14.7. The number of halogens is 1. The minimum absolute atomic E-state index is 0. The van der Waals surface area contributed by atoms with Crippen LogP contribution in [0, 0.1) is 11.8 Å². The molecule has 4 nitrogen and oxygen atoms in total. The minimum Gasteiger partial charge on any atom is -0.355 e. The molecular weight excluding hydrogens is 238 g/mol. The van der Waals surface area contributed by atoms with Crippen molar-refractivity contribution in [3.8, 4) is 0 Å². The topological polar surface area (TPSA) is 58.4 Å². The van der Waals surface area contributed by atoms with Crippen LogP contribution in [-0.4, -0.2) is 43.0 Å². The molecule has 0 spiro atoms. The van der Waals surface area contributed by atoms with E-state index in [-0.39, 0.29) is 24.4 Å². The van der Waals surface area contributed by atoms with Crippen LogP contribution < -0.4 is 11.1 Å². The third-order valence-corrected chi connectivity index (χ3v) is 3.70. The van der Waals surface area contributed by atoms with Crippen molar-refractivity contribution >= 4 is 18.3 Å². The van der Waals surface area contributed by atoms with E-state index >= 15 is 0 Å². The highest BCUT2D eigenvalue weighted by atomic mass is 35.5. The van der Waals surface area contributed by atoms with Gasteiger partial charge in [0.1, 0.15) is 0 Å². The van der Waals surface area contributed by atoms with Crippen LogP contribution >= 0.6 is 12.4 Å². The highest BCUT2D eigenvalue weighted by Gasteiger charge is 2.27. The lowest BCUT2D eigenvalue weighted by Gasteiger charge is -2.17. The number of likely N-dealkylation sites (tertiary alicyclic amines) is 1. The maximum Gasteiger partial charge on any atom is 0.234 e. The lowest BCUT2D eigenvalue weighted by molar-refractivity contribution is -0.122. The Hall–Kier alpha value is -0.320. The van der Waals surface area contributed by atoms with Crippen LogP contribution in [-0.2, 0) is 4.79 Å². The number of carbonyl (C=O) groups excluding carboxylic acids is 1. The standard InChI is InChI=1S/C12H23N3O.ClH/c1-9(13)11-4-5-15(7-11)8-12(16)14-6-10-2-3-10;/h9-11H,2-8,13H2,1H3,(H,14,16);1H. The third kappa shape index (κ3) is 4.82. The second-order valence-corrected chi connectivity index (χ2v) is 5.39. The SMILES string of the molecule is CC(N)C1CCN(CC(=O)NCC2CC2)C1.Cl. The van der Waals surface area contributed by atoms with E-state index in [1.807, 2.05) is 0 Å². The molecule has 2 atom stereocenters. The lowest BCUT2D eigenvalue weighted by atomic mass is 10.0. The Morgan fingerprint density at radius 2 is 2.18 bits per heavy atom. The van der Waals surface area contributed by atoms with Crippen molar-refractivity contribution in [3.63, 3.8) is 0 Å². The Balaban J connectivity index is 0.00000144. The third-order valence-electron chi connectivity index (χ3n) is 3.70. The molecule has 0 radical (unpaired) electrons. The quantitative estimate of drug-likeness (QED) is 0.762. The first-order valence-electron chi connectivity index (χ1n) is 6.40. The fourth-order valence-corrected chi connectivity index (χ4v) is 2.27. The average Bonchev–Trinajstić information content (AvgIpc) is 2.95. The molecule has 1 heterocycles. The van der Waals surface area contributed by atoms with E-state index in [0.717, 1.165) is 32.0 Å². The Kier molecular flexibility index (Phi) is 5.70. The Morgan fingerprint density at radius 1 is 1.47 bits per heavy atom. The summed E-state index contributed by atoms with van der Waals surface area (Å²) in [5, 5.41) is 3.00. The van der Waals surface area contributed by atoms with E-state index in [2.05, 4.69) is 17.1 Å². The summed E-state index contributed by atoms with van der Waals surface area (Å²) in [5.74, 6) is 1.51. The molecule has 1 aliphatic heterocycles. The number of hydrogen-bond donors (Lipinski definition) is 2. The summed E-state index contributed by atoms with van der Waals surface area (Å²) < 4.78 is 0. The molecule has 2 rings (SSSR count). The largest absolute Gasteiger partial charge is 0.355 e. The van der Waals surface area contributed by atoms with Crippen molar-refractivity contribution in [2.75, 3.05) is 26.2 Å². The molecule has 2 fully saturated rings. The van der Waals surface area contributed by atoms with Crippen molar-refractivity contribution in [2.24, 2.45) is 17.6 Å². The molecule has 5 heteroatoms. The molecule has 2 unspecified atom stereocenters. The second-order valence-electron chi connectivity index (χ2n) is 5.39. The maximum absolute atomic E-state index is 11.6. The molecule has 0 aromatic rings. The van der Waals surface area contributed by atoms with Crippen molar-refractivity contribution in [2.45, 2.75) is 32.2 Å². The van der Waals surface area contributed by atoms with Gasteiger partial charge in [0.2, 0.25) is 5.91 Å². The Bertz CT molecular complexity index is 256. The van der Waals surface area contributed by atoms with E-state index in [0.29, 0.717) is 12.5 Å². The smallest absolute Gasteiger partial charge is 0.234 e. The number of nitrogens with two attached hydrogens (primary N) is 1. The molecular formula is C12H24ClN3O. The molecule has 2 aliphatic rings. The molecule has 17 heavy (non-hydrogen) atoms. The van der Waals surface area contributed by atoms with E-state index in [9.17, 15) is 4.79 Å². The van der Waals surface area contributed by atoms with Gasteiger partial charge < -0.3 is 11.1 Å². The monoisotopic (exact) mass is 261 g/mol. The molecule has 1 amide bonds. The Morgan fingerprint density at radius 3 is 2.71 bits per heavy atom. The second kappa shape index (κ2) is 6.57. The molecule has 0 aromatic carbocycles. The van der Waals surface area contributed by atoms with E-state index in [1.165, 1.54) is 12.8 Å². The van der Waals surface area contributed by atoms with Gasteiger partial charge in [-0.05, 0) is 44.6 Å². The summed E-state index contributed by atoms with van der Waals surface area (Å²) >= 11 is 0. The molecule has 0 bridgehead atoms. The van der Waals surface area contributed by atoms with Gasteiger partial charge >= 0.3 is 0 Å². The molecule has 1 saturated heterocycles. The first-order valence-corrected chi connectivity index (χ1v) is 6.40. The zero-order valence-corrected chi connectivity index (χ0v) is 11.3. The molecule has 3 N–H and O–H groups in total. The van der Waals surface area contributed by atoms with Crippen LogP contribution in [0.3, 0.4) is 0 Å². The average molecular weight is 262 g/mol. The van der Waals surface area contributed by atoms with Crippen LogP contribution in [0.4, 0.5) is 0 Å². The van der Waals surface area contributed by atoms with Gasteiger partial charge in [0.15, 0.2) is 0 Å². The number of amides is 1. The lowest BCUT2D eigenvalue weighted by Crippen LogP contribution is -2.38. The fraction of sp³-hybridized carbons (Fsp3) is 0.917. The van der Waals surface area contributed by atoms with Crippen LogP contribution in [0.5, 0.6) is 0 Å². The maximum atomic E-state index is 11.6.